The minimum absolute atomic E-state index is 0.155. The van der Waals surface area contributed by atoms with Crippen LogP contribution < -0.4 is 16.0 Å². The van der Waals surface area contributed by atoms with Gasteiger partial charge in [-0.2, -0.15) is 0 Å². The van der Waals surface area contributed by atoms with Gasteiger partial charge in [0.25, 0.3) is 0 Å². The Balaban J connectivity index is 2.49. The topological polar surface area (TPSA) is 71.2 Å². The zero-order chi connectivity index (χ0) is 13.8. The lowest BCUT2D eigenvalue weighted by molar-refractivity contribution is -0.116. The fraction of sp³-hybridized carbons (Fsp3) is 0.286. The van der Waals surface area contributed by atoms with Crippen molar-refractivity contribution in [2.45, 2.75) is 6.54 Å². The van der Waals surface area contributed by atoms with Crippen molar-refractivity contribution in [2.24, 2.45) is 5.73 Å². The number of rotatable bonds is 5. The Morgan fingerprint density at radius 1 is 1.42 bits per heavy atom. The van der Waals surface area contributed by atoms with Crippen LogP contribution in [0.2, 0.25) is 0 Å². The molecule has 0 saturated heterocycles. The van der Waals surface area contributed by atoms with Crippen molar-refractivity contribution in [1.82, 2.24) is 10.3 Å². The fourth-order valence-corrected chi connectivity index (χ4v) is 2.11. The van der Waals surface area contributed by atoms with Crippen molar-refractivity contribution in [3.05, 3.63) is 35.9 Å². The fourth-order valence-electron chi connectivity index (χ4n) is 2.11. The number of benzene rings is 1. The van der Waals surface area contributed by atoms with Crippen LogP contribution in [-0.4, -0.2) is 31.5 Å². The van der Waals surface area contributed by atoms with Crippen LogP contribution in [0.15, 0.2) is 30.3 Å². The van der Waals surface area contributed by atoms with Gasteiger partial charge in [0.1, 0.15) is 5.82 Å². The summed E-state index contributed by atoms with van der Waals surface area (Å²) in [5.41, 5.74) is 7.20. The third kappa shape index (κ3) is 3.00. The molecule has 2 aromatic rings. The Morgan fingerprint density at radius 2 is 2.16 bits per heavy atom. The van der Waals surface area contributed by atoms with E-state index in [-0.39, 0.29) is 12.5 Å². The molecule has 3 N–H and O–H groups in total. The van der Waals surface area contributed by atoms with Crippen LogP contribution in [0.5, 0.6) is 0 Å². The van der Waals surface area contributed by atoms with E-state index in [0.717, 1.165) is 22.3 Å². The Kier molecular flexibility index (Phi) is 3.97. The average molecular weight is 258 g/mol. The molecule has 2 rings (SSSR count). The molecule has 0 bridgehead atoms. The molecule has 1 aromatic heterocycles. The number of fused-ring (bicyclic) bond motifs is 1. The summed E-state index contributed by atoms with van der Waals surface area (Å²) in [5, 5.41) is 4.20. The van der Waals surface area contributed by atoms with Crippen LogP contribution in [0, 0.1) is 0 Å². The number of carbonyl (C=O) groups excluding carboxylic acids is 1. The number of nitrogens with zero attached hydrogens (tertiary/aromatic N) is 2. The summed E-state index contributed by atoms with van der Waals surface area (Å²) in [7, 11) is 3.70. The standard InChI is InChI=1S/C14H18N4O/c1-16-8-11-7-10-5-3-4-6-12(10)17-14(11)18(2)9-13(15)19/h3-7,16H,8-9H2,1-2H3,(H2,15,19). The van der Waals surface area contributed by atoms with Crippen LogP contribution in [-0.2, 0) is 11.3 Å². The van der Waals surface area contributed by atoms with E-state index in [0.29, 0.717) is 6.54 Å². The maximum Gasteiger partial charge on any atom is 0.236 e. The second-order valence-corrected chi connectivity index (χ2v) is 4.52. The summed E-state index contributed by atoms with van der Waals surface area (Å²) < 4.78 is 0. The molecule has 19 heavy (non-hydrogen) atoms. The summed E-state index contributed by atoms with van der Waals surface area (Å²) in [6.07, 6.45) is 0. The SMILES string of the molecule is CNCc1cc2ccccc2nc1N(C)CC(N)=O. The van der Waals surface area contributed by atoms with E-state index < -0.39 is 0 Å². The Labute approximate surface area is 112 Å². The van der Waals surface area contributed by atoms with Crippen molar-refractivity contribution >= 4 is 22.6 Å². The van der Waals surface area contributed by atoms with Crippen LogP contribution in [0.25, 0.3) is 10.9 Å². The van der Waals surface area contributed by atoms with E-state index in [1.165, 1.54) is 0 Å². The molecule has 0 fully saturated rings. The molecule has 0 atom stereocenters. The molecular weight excluding hydrogens is 240 g/mol. The largest absolute Gasteiger partial charge is 0.368 e. The van der Waals surface area contributed by atoms with Gasteiger partial charge in [-0.05, 0) is 19.2 Å². The predicted octanol–water partition coefficient (Wildman–Crippen LogP) is 0.876. The lowest BCUT2D eigenvalue weighted by atomic mass is 10.1. The highest BCUT2D eigenvalue weighted by Crippen LogP contribution is 2.22. The Bertz CT molecular complexity index is 597. The molecule has 0 aliphatic rings. The van der Waals surface area contributed by atoms with Gasteiger partial charge in [-0.25, -0.2) is 4.98 Å². The van der Waals surface area contributed by atoms with Gasteiger partial charge in [0.05, 0.1) is 12.1 Å². The Hall–Kier alpha value is -2.14. The number of nitrogens with two attached hydrogens (primary N) is 1. The molecule has 0 radical (unpaired) electrons. The molecule has 0 spiro atoms. The Morgan fingerprint density at radius 3 is 2.84 bits per heavy atom. The number of pyridine rings is 1. The molecule has 0 unspecified atom stereocenters. The highest BCUT2D eigenvalue weighted by molar-refractivity contribution is 5.83. The number of anilines is 1. The minimum atomic E-state index is -0.368. The number of amides is 1. The van der Waals surface area contributed by atoms with E-state index >= 15 is 0 Å². The molecule has 1 amide bonds. The zero-order valence-corrected chi connectivity index (χ0v) is 11.2. The van der Waals surface area contributed by atoms with Gasteiger partial charge in [0.15, 0.2) is 0 Å². The van der Waals surface area contributed by atoms with Gasteiger partial charge in [0.2, 0.25) is 5.91 Å². The monoisotopic (exact) mass is 258 g/mol. The summed E-state index contributed by atoms with van der Waals surface area (Å²) in [6, 6.07) is 10.0. The van der Waals surface area contributed by atoms with Gasteiger partial charge in [0, 0.05) is 24.5 Å². The van der Waals surface area contributed by atoms with Crippen LogP contribution in [0.4, 0.5) is 5.82 Å². The van der Waals surface area contributed by atoms with E-state index in [2.05, 4.69) is 16.4 Å². The van der Waals surface area contributed by atoms with Gasteiger partial charge in [-0.15, -0.1) is 0 Å². The molecular formula is C14H18N4O. The van der Waals surface area contributed by atoms with E-state index in [9.17, 15) is 4.79 Å². The first-order valence-electron chi connectivity index (χ1n) is 6.14. The highest BCUT2D eigenvalue weighted by Gasteiger charge is 2.12. The number of hydrogen-bond donors (Lipinski definition) is 2. The number of aromatic nitrogens is 1. The number of nitrogens with one attached hydrogen (secondary N) is 1. The molecule has 5 nitrogen and oxygen atoms in total. The van der Waals surface area contributed by atoms with Crippen molar-refractivity contribution in [3.8, 4) is 0 Å². The first-order valence-corrected chi connectivity index (χ1v) is 6.14. The first kappa shape index (κ1) is 13.3. The molecule has 1 heterocycles. The maximum atomic E-state index is 11.1. The van der Waals surface area contributed by atoms with E-state index in [4.69, 9.17) is 5.73 Å². The minimum Gasteiger partial charge on any atom is -0.368 e. The number of primary amides is 1. The van der Waals surface area contributed by atoms with Gasteiger partial charge in [-0.1, -0.05) is 18.2 Å². The third-order valence-electron chi connectivity index (χ3n) is 2.90. The van der Waals surface area contributed by atoms with Crippen LogP contribution in [0.1, 0.15) is 5.56 Å². The molecule has 5 heteroatoms. The third-order valence-corrected chi connectivity index (χ3v) is 2.90. The molecule has 1 aromatic carbocycles. The molecule has 0 aliphatic heterocycles. The van der Waals surface area contributed by atoms with Gasteiger partial charge in [-0.3, -0.25) is 4.79 Å². The number of likely N-dealkylation sites (N-methyl/N-ethyl adjacent to an activating group) is 1. The summed E-state index contributed by atoms with van der Waals surface area (Å²) >= 11 is 0. The zero-order valence-electron chi connectivity index (χ0n) is 11.2. The molecule has 0 saturated carbocycles. The van der Waals surface area contributed by atoms with Crippen molar-refractivity contribution in [1.29, 1.82) is 0 Å². The average Bonchev–Trinajstić information content (AvgIpc) is 2.37. The van der Waals surface area contributed by atoms with Gasteiger partial charge < -0.3 is 16.0 Å². The van der Waals surface area contributed by atoms with Crippen molar-refractivity contribution in [3.63, 3.8) is 0 Å². The van der Waals surface area contributed by atoms with E-state index in [1.807, 2.05) is 38.4 Å². The predicted molar refractivity (Wildman–Crippen MR) is 77.0 cm³/mol. The maximum absolute atomic E-state index is 11.1. The number of para-hydroxylation sites is 1. The van der Waals surface area contributed by atoms with Crippen LogP contribution in [0.3, 0.4) is 0 Å². The quantitative estimate of drug-likeness (QED) is 0.835. The summed E-state index contributed by atoms with van der Waals surface area (Å²) in [4.78, 5) is 17.5. The highest BCUT2D eigenvalue weighted by atomic mass is 16.1. The first-order chi connectivity index (χ1) is 9.11. The van der Waals surface area contributed by atoms with Crippen molar-refractivity contribution < 1.29 is 4.79 Å². The van der Waals surface area contributed by atoms with Crippen LogP contribution >= 0.6 is 0 Å². The lowest BCUT2D eigenvalue weighted by Crippen LogP contribution is -2.32. The molecule has 0 aliphatic carbocycles. The van der Waals surface area contributed by atoms with E-state index in [1.54, 1.807) is 4.90 Å². The van der Waals surface area contributed by atoms with Gasteiger partial charge >= 0.3 is 0 Å². The second-order valence-electron chi connectivity index (χ2n) is 4.52. The summed E-state index contributed by atoms with van der Waals surface area (Å²) in [6.45, 7) is 0.846. The second kappa shape index (κ2) is 5.67. The normalized spacial score (nSPS) is 10.6. The van der Waals surface area contributed by atoms with Crippen molar-refractivity contribution in [2.75, 3.05) is 25.5 Å². The molecule has 100 valence electrons. The smallest absolute Gasteiger partial charge is 0.236 e. The number of hydrogen-bond acceptors (Lipinski definition) is 4. The lowest BCUT2D eigenvalue weighted by Gasteiger charge is -2.20. The number of carbonyl (C=O) groups is 1. The summed E-state index contributed by atoms with van der Waals surface area (Å²) in [5.74, 6) is 0.416.